The van der Waals surface area contributed by atoms with Gasteiger partial charge < -0.3 is 14.2 Å². The van der Waals surface area contributed by atoms with E-state index in [2.05, 4.69) is 69.4 Å². The molecular formula is C67H122O6. The van der Waals surface area contributed by atoms with Gasteiger partial charge in [-0.15, -0.1) is 0 Å². The Labute approximate surface area is 454 Å². The Balaban J connectivity index is 4.08. The maximum Gasteiger partial charge on any atom is 0.306 e. The van der Waals surface area contributed by atoms with Crippen LogP contribution >= 0.6 is 0 Å². The van der Waals surface area contributed by atoms with Crippen LogP contribution in [-0.2, 0) is 28.6 Å². The molecule has 0 amide bonds. The third kappa shape index (κ3) is 60.1. The van der Waals surface area contributed by atoms with Crippen molar-refractivity contribution in [2.45, 2.75) is 348 Å². The number of ether oxygens (including phenoxy) is 3. The van der Waals surface area contributed by atoms with Crippen molar-refractivity contribution in [2.24, 2.45) is 0 Å². The molecule has 0 aliphatic carbocycles. The number of hydrogen-bond donors (Lipinski definition) is 0. The molecule has 73 heavy (non-hydrogen) atoms. The van der Waals surface area contributed by atoms with Crippen molar-refractivity contribution in [1.82, 2.24) is 0 Å². The maximum absolute atomic E-state index is 12.8. The van der Waals surface area contributed by atoms with E-state index in [0.717, 1.165) is 83.5 Å². The van der Waals surface area contributed by atoms with Crippen LogP contribution in [0.5, 0.6) is 0 Å². The van der Waals surface area contributed by atoms with Gasteiger partial charge in [0.05, 0.1) is 0 Å². The van der Waals surface area contributed by atoms with E-state index in [9.17, 15) is 14.4 Å². The second kappa shape index (κ2) is 61.9. The second-order valence-corrected chi connectivity index (χ2v) is 21.7. The zero-order valence-corrected chi connectivity index (χ0v) is 48.9. The molecule has 0 rings (SSSR count). The average molecular weight is 1020 g/mol. The number of unbranched alkanes of at least 4 members (excludes halogenated alkanes) is 40. The molecule has 0 aliphatic rings. The summed E-state index contributed by atoms with van der Waals surface area (Å²) in [5.41, 5.74) is 0. The molecule has 6 heteroatoms. The molecular weight excluding hydrogens is 901 g/mol. The standard InChI is InChI=1S/C67H122O6/c1-4-7-10-13-16-19-22-24-26-27-28-29-30-31-32-33-34-35-36-37-38-39-40-41-42-44-45-48-51-54-57-60-66(69)72-63-64(62-71-65(68)59-56-53-50-47-21-18-15-12-9-6-3)73-67(70)61-58-55-52-49-46-43-25-23-20-17-14-11-8-5-2/h12,15,22,24,27-28,30-31,64H,4-11,13-14,16-21,23,25-26,29,32-63H2,1-3H3/b15-12-,24-22-,28-27-,31-30-. The van der Waals surface area contributed by atoms with Crippen molar-refractivity contribution in [1.29, 1.82) is 0 Å². The SMILES string of the molecule is CCC/C=C\CCCCCCCC(=O)OCC(COC(=O)CCCCCCCCCCCCCCCCCC/C=C\C/C=C\C/C=C\CCCCCCC)OC(=O)CCCCCCCCCCCCCCCC. The minimum absolute atomic E-state index is 0.0713. The van der Waals surface area contributed by atoms with Crippen molar-refractivity contribution in [3.63, 3.8) is 0 Å². The summed E-state index contributed by atoms with van der Waals surface area (Å²) in [5.74, 6) is -0.864. The van der Waals surface area contributed by atoms with Gasteiger partial charge >= 0.3 is 17.9 Å². The molecule has 1 atom stereocenters. The molecule has 6 nitrogen and oxygen atoms in total. The highest BCUT2D eigenvalue weighted by molar-refractivity contribution is 5.71. The van der Waals surface area contributed by atoms with E-state index in [1.165, 1.54) is 218 Å². The number of allylic oxidation sites excluding steroid dienone is 8. The summed E-state index contributed by atoms with van der Waals surface area (Å²) >= 11 is 0. The molecule has 0 aromatic carbocycles. The summed E-state index contributed by atoms with van der Waals surface area (Å²) < 4.78 is 16.9. The van der Waals surface area contributed by atoms with E-state index in [1.807, 2.05) is 0 Å². The zero-order valence-electron chi connectivity index (χ0n) is 48.9. The summed E-state index contributed by atoms with van der Waals surface area (Å²) in [5, 5.41) is 0. The molecule has 0 fully saturated rings. The normalized spacial score (nSPS) is 12.3. The lowest BCUT2D eigenvalue weighted by Gasteiger charge is -2.18. The quantitative estimate of drug-likeness (QED) is 0.0261. The van der Waals surface area contributed by atoms with Crippen molar-refractivity contribution < 1.29 is 28.6 Å². The van der Waals surface area contributed by atoms with Crippen LogP contribution in [0.15, 0.2) is 48.6 Å². The van der Waals surface area contributed by atoms with Crippen LogP contribution in [0, 0.1) is 0 Å². The van der Waals surface area contributed by atoms with Crippen LogP contribution in [0.2, 0.25) is 0 Å². The van der Waals surface area contributed by atoms with E-state index in [0.29, 0.717) is 19.3 Å². The van der Waals surface area contributed by atoms with Gasteiger partial charge in [0.1, 0.15) is 13.2 Å². The molecule has 0 radical (unpaired) electrons. The third-order valence-electron chi connectivity index (χ3n) is 14.3. The van der Waals surface area contributed by atoms with Crippen LogP contribution in [0.25, 0.3) is 0 Å². The van der Waals surface area contributed by atoms with E-state index in [1.54, 1.807) is 0 Å². The summed E-state index contributed by atoms with van der Waals surface area (Å²) in [6, 6.07) is 0. The fourth-order valence-corrected chi connectivity index (χ4v) is 9.46. The van der Waals surface area contributed by atoms with Crippen LogP contribution in [0.3, 0.4) is 0 Å². The van der Waals surface area contributed by atoms with Gasteiger partial charge in [0.15, 0.2) is 6.10 Å². The van der Waals surface area contributed by atoms with Gasteiger partial charge in [-0.1, -0.05) is 294 Å². The number of carbonyl (C=O) groups is 3. The Kier molecular flexibility index (Phi) is 59.7. The minimum Gasteiger partial charge on any atom is -0.462 e. The molecule has 0 N–H and O–H groups in total. The van der Waals surface area contributed by atoms with Crippen molar-refractivity contribution in [3.05, 3.63) is 48.6 Å². The van der Waals surface area contributed by atoms with Crippen molar-refractivity contribution >= 4 is 17.9 Å². The summed E-state index contributed by atoms with van der Waals surface area (Å²) in [6.45, 7) is 6.60. The summed E-state index contributed by atoms with van der Waals surface area (Å²) in [6.07, 6.45) is 77.1. The third-order valence-corrected chi connectivity index (χ3v) is 14.3. The molecule has 0 heterocycles. The molecule has 1 unspecified atom stereocenters. The largest absolute Gasteiger partial charge is 0.462 e. The van der Waals surface area contributed by atoms with E-state index < -0.39 is 6.10 Å². The molecule has 0 aromatic heterocycles. The van der Waals surface area contributed by atoms with Gasteiger partial charge in [0, 0.05) is 19.3 Å². The van der Waals surface area contributed by atoms with E-state index in [4.69, 9.17) is 14.2 Å². The van der Waals surface area contributed by atoms with Crippen LogP contribution < -0.4 is 0 Å². The van der Waals surface area contributed by atoms with Gasteiger partial charge in [0.25, 0.3) is 0 Å². The van der Waals surface area contributed by atoms with Crippen molar-refractivity contribution in [3.8, 4) is 0 Å². The smallest absolute Gasteiger partial charge is 0.306 e. The van der Waals surface area contributed by atoms with Gasteiger partial charge in [-0.3, -0.25) is 14.4 Å². The highest BCUT2D eigenvalue weighted by Crippen LogP contribution is 2.17. The summed E-state index contributed by atoms with van der Waals surface area (Å²) in [7, 11) is 0. The van der Waals surface area contributed by atoms with E-state index >= 15 is 0 Å². The van der Waals surface area contributed by atoms with Gasteiger partial charge in [0.2, 0.25) is 0 Å². The first-order chi connectivity index (χ1) is 36.0. The van der Waals surface area contributed by atoms with Gasteiger partial charge in [-0.05, 0) is 77.0 Å². The lowest BCUT2D eigenvalue weighted by atomic mass is 10.0. The first-order valence-corrected chi connectivity index (χ1v) is 32.1. The molecule has 0 saturated carbocycles. The first-order valence-electron chi connectivity index (χ1n) is 32.1. The predicted molar refractivity (Wildman–Crippen MR) is 316 cm³/mol. The van der Waals surface area contributed by atoms with Crippen LogP contribution in [0.1, 0.15) is 342 Å². The molecule has 0 aliphatic heterocycles. The van der Waals surface area contributed by atoms with Gasteiger partial charge in [-0.25, -0.2) is 0 Å². The van der Waals surface area contributed by atoms with E-state index in [-0.39, 0.29) is 31.1 Å². The topological polar surface area (TPSA) is 78.9 Å². The van der Waals surface area contributed by atoms with Crippen LogP contribution in [0.4, 0.5) is 0 Å². The first kappa shape index (κ1) is 70.4. The number of hydrogen-bond acceptors (Lipinski definition) is 6. The molecule has 0 bridgehead atoms. The summed E-state index contributed by atoms with van der Waals surface area (Å²) in [4.78, 5) is 38.1. The predicted octanol–water partition coefficient (Wildman–Crippen LogP) is 21.8. The fourth-order valence-electron chi connectivity index (χ4n) is 9.46. The number of carbonyl (C=O) groups excluding carboxylic acids is 3. The monoisotopic (exact) mass is 1020 g/mol. The Morgan fingerprint density at radius 3 is 0.836 bits per heavy atom. The Morgan fingerprint density at radius 1 is 0.274 bits per heavy atom. The molecule has 0 aromatic rings. The molecule has 0 spiro atoms. The van der Waals surface area contributed by atoms with Crippen molar-refractivity contribution in [2.75, 3.05) is 13.2 Å². The minimum atomic E-state index is -0.772. The highest BCUT2D eigenvalue weighted by atomic mass is 16.6. The fraction of sp³-hybridized carbons (Fsp3) is 0.836. The Bertz CT molecular complexity index is 1270. The Morgan fingerprint density at radius 2 is 0.521 bits per heavy atom. The number of rotatable bonds is 59. The van der Waals surface area contributed by atoms with Gasteiger partial charge in [-0.2, -0.15) is 0 Å². The molecule has 0 saturated heterocycles. The molecule has 426 valence electrons. The zero-order chi connectivity index (χ0) is 52.9. The second-order valence-electron chi connectivity index (χ2n) is 21.7. The average Bonchev–Trinajstić information content (AvgIpc) is 3.39. The highest BCUT2D eigenvalue weighted by Gasteiger charge is 2.19. The Hall–Kier alpha value is -2.63. The van der Waals surface area contributed by atoms with Crippen LogP contribution in [-0.4, -0.2) is 37.2 Å². The maximum atomic E-state index is 12.8. The lowest BCUT2D eigenvalue weighted by Crippen LogP contribution is -2.30. The lowest BCUT2D eigenvalue weighted by molar-refractivity contribution is -0.167. The number of esters is 3.